The van der Waals surface area contributed by atoms with Crippen molar-refractivity contribution in [3.05, 3.63) is 60.0 Å². The molecule has 108 valence electrons. The van der Waals surface area contributed by atoms with Crippen LogP contribution in [0.25, 0.3) is 21.9 Å². The van der Waals surface area contributed by atoms with Crippen molar-refractivity contribution in [2.75, 3.05) is 5.32 Å². The largest absolute Gasteiger partial charge is 0.361 e. The second-order valence-corrected chi connectivity index (χ2v) is 5.29. The molecule has 0 atom stereocenters. The zero-order chi connectivity index (χ0) is 15.1. The molecule has 0 aliphatic heterocycles. The monoisotopic (exact) mass is 290 g/mol. The molecule has 4 aromatic rings. The van der Waals surface area contributed by atoms with Crippen LogP contribution in [0.2, 0.25) is 0 Å². The van der Waals surface area contributed by atoms with Crippen LogP contribution in [0.3, 0.4) is 0 Å². The van der Waals surface area contributed by atoms with E-state index in [9.17, 15) is 4.79 Å². The highest BCUT2D eigenvalue weighted by atomic mass is 16.1. The molecule has 2 aromatic heterocycles. The van der Waals surface area contributed by atoms with Gasteiger partial charge >= 0.3 is 0 Å². The summed E-state index contributed by atoms with van der Waals surface area (Å²) in [6.45, 7) is 1.91. The Hall–Kier alpha value is -3.08. The second-order valence-electron chi connectivity index (χ2n) is 5.29. The molecule has 0 spiro atoms. The fraction of sp³-hybridized carbons (Fsp3) is 0.0588. The Bertz CT molecular complexity index is 996. The van der Waals surface area contributed by atoms with Gasteiger partial charge in [0.15, 0.2) is 0 Å². The summed E-state index contributed by atoms with van der Waals surface area (Å²) < 4.78 is 0. The molecule has 5 nitrogen and oxygen atoms in total. The van der Waals surface area contributed by atoms with Gasteiger partial charge in [0.1, 0.15) is 5.82 Å². The van der Waals surface area contributed by atoms with Crippen molar-refractivity contribution in [1.82, 2.24) is 15.0 Å². The second kappa shape index (κ2) is 4.73. The van der Waals surface area contributed by atoms with Crippen LogP contribution in [0, 0.1) is 6.92 Å². The van der Waals surface area contributed by atoms with Gasteiger partial charge in [-0.3, -0.25) is 4.79 Å². The van der Waals surface area contributed by atoms with Crippen molar-refractivity contribution < 1.29 is 4.79 Å². The molecule has 2 aromatic carbocycles. The number of carbonyl (C=O) groups is 1. The number of aryl methyl sites for hydroxylation is 1. The number of amides is 1. The Kier molecular flexibility index (Phi) is 2.72. The van der Waals surface area contributed by atoms with E-state index in [0.29, 0.717) is 5.56 Å². The van der Waals surface area contributed by atoms with E-state index in [-0.39, 0.29) is 5.91 Å². The van der Waals surface area contributed by atoms with E-state index in [1.54, 1.807) is 0 Å². The summed E-state index contributed by atoms with van der Waals surface area (Å²) in [5.41, 5.74) is 4.12. The number of hydrogen-bond acceptors (Lipinski definition) is 2. The van der Waals surface area contributed by atoms with Crippen LogP contribution < -0.4 is 5.32 Å². The van der Waals surface area contributed by atoms with E-state index in [1.165, 1.54) is 0 Å². The molecule has 0 aliphatic carbocycles. The van der Waals surface area contributed by atoms with Crippen LogP contribution >= 0.6 is 0 Å². The number of H-pyrrole nitrogens is 2. The standard InChI is InChI=1S/C17H14N4O/c1-10-19-14-5-4-13(9-16(14)20-10)21-17(22)12-3-2-11-6-7-18-15(11)8-12/h2-9,18H,1H3,(H,19,20)(H,21,22). The zero-order valence-electron chi connectivity index (χ0n) is 12.0. The number of aromatic nitrogens is 3. The van der Waals surface area contributed by atoms with Gasteiger partial charge in [0, 0.05) is 23.0 Å². The summed E-state index contributed by atoms with van der Waals surface area (Å²) in [6, 6.07) is 13.2. The summed E-state index contributed by atoms with van der Waals surface area (Å²) in [6.07, 6.45) is 1.86. The van der Waals surface area contributed by atoms with Gasteiger partial charge in [-0.05, 0) is 48.7 Å². The van der Waals surface area contributed by atoms with Gasteiger partial charge in [-0.1, -0.05) is 6.07 Å². The Labute approximate surface area is 126 Å². The van der Waals surface area contributed by atoms with Crippen LogP contribution in [-0.2, 0) is 0 Å². The van der Waals surface area contributed by atoms with Crippen LogP contribution in [0.15, 0.2) is 48.7 Å². The Morgan fingerprint density at radius 2 is 2.00 bits per heavy atom. The van der Waals surface area contributed by atoms with E-state index in [4.69, 9.17) is 0 Å². The summed E-state index contributed by atoms with van der Waals surface area (Å²) in [5.74, 6) is 0.725. The molecule has 0 fully saturated rings. The number of benzene rings is 2. The van der Waals surface area contributed by atoms with Gasteiger partial charge in [0.25, 0.3) is 5.91 Å². The number of rotatable bonds is 2. The van der Waals surface area contributed by atoms with Gasteiger partial charge in [-0.25, -0.2) is 4.98 Å². The predicted molar refractivity (Wildman–Crippen MR) is 87.1 cm³/mol. The molecule has 0 bridgehead atoms. The highest BCUT2D eigenvalue weighted by Crippen LogP contribution is 2.19. The number of aromatic amines is 2. The van der Waals surface area contributed by atoms with Gasteiger partial charge in [0.2, 0.25) is 0 Å². The number of anilines is 1. The van der Waals surface area contributed by atoms with Gasteiger partial charge < -0.3 is 15.3 Å². The van der Waals surface area contributed by atoms with Crippen molar-refractivity contribution in [3.63, 3.8) is 0 Å². The summed E-state index contributed by atoms with van der Waals surface area (Å²) in [5, 5.41) is 4.00. The van der Waals surface area contributed by atoms with Gasteiger partial charge in [0.05, 0.1) is 11.0 Å². The average molecular weight is 290 g/mol. The minimum atomic E-state index is -0.132. The number of hydrogen-bond donors (Lipinski definition) is 3. The molecule has 3 N–H and O–H groups in total. The molecule has 22 heavy (non-hydrogen) atoms. The summed E-state index contributed by atoms with van der Waals surface area (Å²) >= 11 is 0. The van der Waals surface area contributed by atoms with Crippen LogP contribution in [0.4, 0.5) is 5.69 Å². The minimum absolute atomic E-state index is 0.132. The van der Waals surface area contributed by atoms with Gasteiger partial charge in [-0.2, -0.15) is 0 Å². The number of imidazole rings is 1. The van der Waals surface area contributed by atoms with E-state index in [1.807, 2.05) is 55.6 Å². The quantitative estimate of drug-likeness (QED) is 0.527. The fourth-order valence-corrected chi connectivity index (χ4v) is 2.61. The minimum Gasteiger partial charge on any atom is -0.361 e. The summed E-state index contributed by atoms with van der Waals surface area (Å²) in [4.78, 5) is 23.0. The molecular formula is C17H14N4O. The third-order valence-corrected chi connectivity index (χ3v) is 3.68. The van der Waals surface area contributed by atoms with E-state index >= 15 is 0 Å². The molecule has 0 unspecified atom stereocenters. The lowest BCUT2D eigenvalue weighted by Crippen LogP contribution is -2.11. The molecular weight excluding hydrogens is 276 g/mol. The molecule has 0 aliphatic rings. The predicted octanol–water partition coefficient (Wildman–Crippen LogP) is 3.60. The Balaban J connectivity index is 1.64. The SMILES string of the molecule is Cc1nc2ccc(NC(=O)c3ccc4cc[nH]c4c3)cc2[nH]1. The first kappa shape index (κ1) is 12.6. The first-order valence-electron chi connectivity index (χ1n) is 7.04. The normalized spacial score (nSPS) is 11.1. The lowest BCUT2D eigenvalue weighted by atomic mass is 10.1. The highest BCUT2D eigenvalue weighted by molar-refractivity contribution is 6.06. The molecule has 2 heterocycles. The third kappa shape index (κ3) is 2.13. The lowest BCUT2D eigenvalue weighted by molar-refractivity contribution is 0.102. The fourth-order valence-electron chi connectivity index (χ4n) is 2.61. The van der Waals surface area contributed by atoms with Crippen LogP contribution in [0.1, 0.15) is 16.2 Å². The van der Waals surface area contributed by atoms with Crippen molar-refractivity contribution >= 4 is 33.5 Å². The Morgan fingerprint density at radius 1 is 1.09 bits per heavy atom. The molecule has 5 heteroatoms. The maximum atomic E-state index is 12.4. The zero-order valence-corrected chi connectivity index (χ0v) is 12.0. The van der Waals surface area contributed by atoms with Crippen molar-refractivity contribution in [2.45, 2.75) is 6.92 Å². The number of carbonyl (C=O) groups excluding carboxylic acids is 1. The van der Waals surface area contributed by atoms with Crippen molar-refractivity contribution in [1.29, 1.82) is 0 Å². The first-order valence-corrected chi connectivity index (χ1v) is 7.04. The molecule has 0 radical (unpaired) electrons. The van der Waals surface area contributed by atoms with E-state index < -0.39 is 0 Å². The highest BCUT2D eigenvalue weighted by Gasteiger charge is 2.08. The Morgan fingerprint density at radius 3 is 2.91 bits per heavy atom. The van der Waals surface area contributed by atoms with Crippen molar-refractivity contribution in [2.24, 2.45) is 0 Å². The van der Waals surface area contributed by atoms with Gasteiger partial charge in [-0.15, -0.1) is 0 Å². The van der Waals surface area contributed by atoms with Crippen molar-refractivity contribution in [3.8, 4) is 0 Å². The molecule has 0 saturated carbocycles. The number of nitrogens with one attached hydrogen (secondary N) is 3. The number of fused-ring (bicyclic) bond motifs is 2. The average Bonchev–Trinajstić information content (AvgIpc) is 3.10. The lowest BCUT2D eigenvalue weighted by Gasteiger charge is -2.05. The number of nitrogens with zero attached hydrogens (tertiary/aromatic N) is 1. The van der Waals surface area contributed by atoms with Crippen LogP contribution in [0.5, 0.6) is 0 Å². The molecule has 1 amide bonds. The summed E-state index contributed by atoms with van der Waals surface area (Å²) in [7, 11) is 0. The first-order chi connectivity index (χ1) is 10.7. The van der Waals surface area contributed by atoms with Crippen LogP contribution in [-0.4, -0.2) is 20.9 Å². The van der Waals surface area contributed by atoms with E-state index in [0.717, 1.165) is 33.4 Å². The molecule has 4 rings (SSSR count). The maximum Gasteiger partial charge on any atom is 0.255 e. The topological polar surface area (TPSA) is 73.6 Å². The maximum absolute atomic E-state index is 12.4. The molecule has 0 saturated heterocycles. The van der Waals surface area contributed by atoms with E-state index in [2.05, 4.69) is 20.3 Å². The smallest absolute Gasteiger partial charge is 0.255 e. The third-order valence-electron chi connectivity index (χ3n) is 3.68.